The van der Waals surface area contributed by atoms with Gasteiger partial charge < -0.3 is 0 Å². The van der Waals surface area contributed by atoms with Crippen LogP contribution in [-0.4, -0.2) is 56.2 Å². The third kappa shape index (κ3) is 3.50. The first-order valence-corrected chi connectivity index (χ1v) is 2.72. The fourth-order valence-corrected chi connectivity index (χ4v) is 0.389. The van der Waals surface area contributed by atoms with Crippen LogP contribution in [0.15, 0.2) is 0 Å². The average molecular weight is 326 g/mol. The van der Waals surface area contributed by atoms with Crippen molar-refractivity contribution < 1.29 is 35.9 Å². The van der Waals surface area contributed by atoms with E-state index in [1.807, 2.05) is 0 Å². The fraction of sp³-hybridized carbons (Fsp3) is 0.600. The predicted octanol–water partition coefficient (Wildman–Crippen LogP) is 0.108. The normalized spacial score (nSPS) is 11.9. The van der Waals surface area contributed by atoms with Gasteiger partial charge in [0.1, 0.15) is 0 Å². The van der Waals surface area contributed by atoms with Gasteiger partial charge in [-0.2, -0.15) is 22.0 Å². The molecule has 2 nitrogen and oxygen atoms in total. The molecule has 14 heavy (non-hydrogen) atoms. The van der Waals surface area contributed by atoms with E-state index in [0.717, 1.165) is 0 Å². The van der Waals surface area contributed by atoms with Gasteiger partial charge in [-0.15, -0.1) is 0 Å². The minimum atomic E-state index is -5.85. The molecule has 9 heteroatoms. The second-order valence-electron chi connectivity index (χ2n) is 1.96. The molecule has 0 spiro atoms. The molecule has 0 atom stereocenters. The second kappa shape index (κ2) is 5.04. The van der Waals surface area contributed by atoms with E-state index in [2.05, 4.69) is 0 Å². The second-order valence-corrected chi connectivity index (χ2v) is 1.96. The van der Waals surface area contributed by atoms with Crippen molar-refractivity contribution in [3.8, 4) is 0 Å². The third-order valence-corrected chi connectivity index (χ3v) is 1.01. The van der Waals surface area contributed by atoms with Gasteiger partial charge in [-0.1, -0.05) is 0 Å². The Labute approximate surface area is 92.4 Å². The molecule has 0 saturated heterocycles. The summed E-state index contributed by atoms with van der Waals surface area (Å²) in [6.45, 7) is -2.32. The van der Waals surface area contributed by atoms with Gasteiger partial charge in [0.15, 0.2) is 6.67 Å². The molecule has 0 bridgehead atoms. The zero-order chi connectivity index (χ0) is 10.9. The monoisotopic (exact) mass is 326 g/mol. The summed E-state index contributed by atoms with van der Waals surface area (Å²) in [6, 6.07) is 0. The van der Waals surface area contributed by atoms with Crippen LogP contribution in [0, 0.1) is 0 Å². The standard InChI is InChI=1S/C5H2F6O2.In.3H/c6-1-2(12)4(7,8)3(13)5(9,10)11;;;;/h1H2;;;;. The van der Waals surface area contributed by atoms with E-state index in [4.69, 9.17) is 0 Å². The van der Waals surface area contributed by atoms with Crippen LogP contribution in [0.2, 0.25) is 0 Å². The van der Waals surface area contributed by atoms with Crippen molar-refractivity contribution in [2.45, 2.75) is 12.1 Å². The SMILES string of the molecule is O=C(CF)C(F)(F)C(=O)C(F)(F)F.[InH3]. The number of hydrogen-bond donors (Lipinski definition) is 0. The molecule has 0 aliphatic rings. The Kier molecular flexibility index (Phi) is 5.84. The first-order chi connectivity index (χ1) is 5.64. The fourth-order valence-electron chi connectivity index (χ4n) is 0.389. The number of carbonyl (C=O) groups is 2. The molecule has 0 fully saturated rings. The molecule has 0 aliphatic carbocycles. The Hall–Kier alpha value is -0.210. The Balaban J connectivity index is 0. The molecule has 0 radical (unpaired) electrons. The molecule has 0 unspecified atom stereocenters. The summed E-state index contributed by atoms with van der Waals surface area (Å²) in [7, 11) is 0. The summed E-state index contributed by atoms with van der Waals surface area (Å²) in [5, 5.41) is 0. The topological polar surface area (TPSA) is 34.1 Å². The quantitative estimate of drug-likeness (QED) is 0.545. The molecular weight excluding hydrogens is 321 g/mol. The van der Waals surface area contributed by atoms with Gasteiger partial charge in [-0.25, -0.2) is 4.39 Å². The van der Waals surface area contributed by atoms with Crippen LogP contribution < -0.4 is 0 Å². The summed E-state index contributed by atoms with van der Waals surface area (Å²) in [5.74, 6) is -11.6. The first kappa shape index (κ1) is 16.2. The molecule has 0 saturated carbocycles. The van der Waals surface area contributed by atoms with Crippen LogP contribution in [0.1, 0.15) is 0 Å². The Morgan fingerprint density at radius 1 is 1.00 bits per heavy atom. The number of hydrogen-bond acceptors (Lipinski definition) is 2. The molecule has 82 valence electrons. The Bertz CT molecular complexity index is 235. The number of Topliss-reactive ketones (excluding diaryl/α,β-unsaturated/α-hetero) is 2. The van der Waals surface area contributed by atoms with Crippen molar-refractivity contribution in [2.24, 2.45) is 0 Å². The molecule has 0 N–H and O–H groups in total. The van der Waals surface area contributed by atoms with Crippen LogP contribution in [0.5, 0.6) is 0 Å². The molecule has 0 amide bonds. The Morgan fingerprint density at radius 3 is 1.57 bits per heavy atom. The number of alkyl halides is 6. The van der Waals surface area contributed by atoms with E-state index in [0.29, 0.717) is 0 Å². The van der Waals surface area contributed by atoms with Crippen LogP contribution in [0.4, 0.5) is 26.3 Å². The predicted molar refractivity (Wildman–Crippen MR) is 36.9 cm³/mol. The van der Waals surface area contributed by atoms with Gasteiger partial charge in [0.25, 0.3) is 0 Å². The number of carbonyl (C=O) groups excluding carboxylic acids is 2. The molecule has 0 aromatic rings. The van der Waals surface area contributed by atoms with Crippen molar-refractivity contribution in [1.82, 2.24) is 0 Å². The molecule has 0 heterocycles. The number of halogens is 6. The Morgan fingerprint density at radius 2 is 1.36 bits per heavy atom. The van der Waals surface area contributed by atoms with Crippen molar-refractivity contribution >= 4 is 37.4 Å². The minimum absolute atomic E-state index is 0. The van der Waals surface area contributed by atoms with E-state index in [-0.39, 0.29) is 25.8 Å². The van der Waals surface area contributed by atoms with Crippen molar-refractivity contribution in [3.05, 3.63) is 0 Å². The van der Waals surface area contributed by atoms with Crippen LogP contribution in [0.3, 0.4) is 0 Å². The molecule has 0 rings (SSSR count). The molecule has 0 aromatic carbocycles. The maximum absolute atomic E-state index is 12.0. The van der Waals surface area contributed by atoms with Gasteiger partial charge >= 0.3 is 43.7 Å². The van der Waals surface area contributed by atoms with E-state index in [9.17, 15) is 35.9 Å². The van der Waals surface area contributed by atoms with Gasteiger partial charge in [0, 0.05) is 0 Å². The third-order valence-electron chi connectivity index (χ3n) is 1.01. The van der Waals surface area contributed by atoms with Crippen molar-refractivity contribution in [2.75, 3.05) is 6.67 Å². The van der Waals surface area contributed by atoms with E-state index >= 15 is 0 Å². The summed E-state index contributed by atoms with van der Waals surface area (Å²) < 4.78 is 69.4. The van der Waals surface area contributed by atoms with E-state index in [1.165, 1.54) is 0 Å². The summed E-state index contributed by atoms with van der Waals surface area (Å²) in [5.41, 5.74) is 0. The van der Waals surface area contributed by atoms with Gasteiger partial charge in [-0.3, -0.25) is 9.59 Å². The molecule has 0 aromatic heterocycles. The zero-order valence-corrected chi connectivity index (χ0v) is 5.79. The maximum atomic E-state index is 12.0. The first-order valence-electron chi connectivity index (χ1n) is 2.72. The summed E-state index contributed by atoms with van der Waals surface area (Å²) in [6.07, 6.45) is -5.85. The van der Waals surface area contributed by atoms with Crippen molar-refractivity contribution in [3.63, 3.8) is 0 Å². The van der Waals surface area contributed by atoms with Gasteiger partial charge in [0.2, 0.25) is 5.78 Å². The number of ketones is 2. The number of rotatable bonds is 3. The van der Waals surface area contributed by atoms with Crippen LogP contribution in [-0.2, 0) is 9.59 Å². The average Bonchev–Trinajstić information content (AvgIpc) is 1.99. The van der Waals surface area contributed by atoms with Crippen LogP contribution in [0.25, 0.3) is 0 Å². The summed E-state index contributed by atoms with van der Waals surface area (Å²) >= 11 is 0. The van der Waals surface area contributed by atoms with E-state index in [1.54, 1.807) is 0 Å². The molecule has 0 aliphatic heterocycles. The zero-order valence-electron chi connectivity index (χ0n) is 5.79. The molecular formula is C5H5F6InO2. The van der Waals surface area contributed by atoms with E-state index < -0.39 is 30.3 Å². The van der Waals surface area contributed by atoms with Gasteiger partial charge in [-0.05, 0) is 0 Å². The van der Waals surface area contributed by atoms with Gasteiger partial charge in [0.05, 0.1) is 0 Å². The van der Waals surface area contributed by atoms with Crippen molar-refractivity contribution in [1.29, 1.82) is 0 Å². The van der Waals surface area contributed by atoms with Crippen LogP contribution >= 0.6 is 0 Å². The summed E-state index contributed by atoms with van der Waals surface area (Å²) in [4.78, 5) is 19.7.